The lowest BCUT2D eigenvalue weighted by atomic mass is 9.51. The SMILES string of the molecule is CCOc1cccc(C2C3=CCC4C(=O)N(c5ccc([N+](=O)[O-])cc5)C(=O)C4C3CC3C(=O)N(c4ccc(F)c(Cl)c4)C(=O)C32C)c1O. The van der Waals surface area contributed by atoms with Crippen LogP contribution in [-0.2, 0) is 19.2 Å². The van der Waals surface area contributed by atoms with E-state index in [1.54, 1.807) is 32.0 Å². The topological polar surface area (TPSA) is 147 Å². The van der Waals surface area contributed by atoms with Crippen LogP contribution in [0.15, 0.2) is 72.3 Å². The molecule has 6 unspecified atom stereocenters. The molecule has 48 heavy (non-hydrogen) atoms. The molecule has 3 fully saturated rings. The van der Waals surface area contributed by atoms with Crippen LogP contribution >= 0.6 is 11.6 Å². The zero-order chi connectivity index (χ0) is 34.2. The highest BCUT2D eigenvalue weighted by Crippen LogP contribution is 2.65. The summed E-state index contributed by atoms with van der Waals surface area (Å²) in [4.78, 5) is 69.5. The highest BCUT2D eigenvalue weighted by Gasteiger charge is 2.68. The van der Waals surface area contributed by atoms with Gasteiger partial charge in [0.2, 0.25) is 23.6 Å². The highest BCUT2D eigenvalue weighted by atomic mass is 35.5. The standard InChI is InChI=1S/C35H29ClFN3O8/c1-3-48-27-6-4-5-22(30(27)41)29-20-12-13-21-28(33(44)38(31(21)42)17-7-9-18(10-8-17)40(46)47)23(20)16-24-32(43)39(34(45)35(24,29)2)19-11-14-26(37)25(36)15-19/h4-12,14-15,21,23-24,28-29,41H,3,13,16H2,1-2H3. The Hall–Kier alpha value is -5.10. The van der Waals surface area contributed by atoms with Gasteiger partial charge in [0.15, 0.2) is 11.5 Å². The Kier molecular flexibility index (Phi) is 7.39. The fourth-order valence-corrected chi connectivity index (χ4v) is 8.43. The van der Waals surface area contributed by atoms with Gasteiger partial charge in [0.25, 0.3) is 5.69 Å². The predicted molar refractivity (Wildman–Crippen MR) is 171 cm³/mol. The molecule has 1 saturated carbocycles. The summed E-state index contributed by atoms with van der Waals surface area (Å²) in [6.07, 6.45) is 2.05. The Balaban J connectivity index is 1.36. The Morgan fingerprint density at radius 3 is 2.38 bits per heavy atom. The molecule has 6 atom stereocenters. The largest absolute Gasteiger partial charge is 0.504 e. The van der Waals surface area contributed by atoms with Crippen LogP contribution in [0.3, 0.4) is 0 Å². The second-order valence-electron chi connectivity index (χ2n) is 12.7. The van der Waals surface area contributed by atoms with Crippen molar-refractivity contribution in [1.29, 1.82) is 0 Å². The number of imide groups is 2. The molecule has 246 valence electrons. The molecule has 2 aliphatic heterocycles. The van der Waals surface area contributed by atoms with Gasteiger partial charge in [-0.1, -0.05) is 35.4 Å². The summed E-state index contributed by atoms with van der Waals surface area (Å²) >= 11 is 6.06. The quantitative estimate of drug-likeness (QED) is 0.147. The highest BCUT2D eigenvalue weighted by molar-refractivity contribution is 6.32. The van der Waals surface area contributed by atoms with Gasteiger partial charge in [-0.15, -0.1) is 0 Å². The van der Waals surface area contributed by atoms with E-state index in [1.165, 1.54) is 36.4 Å². The van der Waals surface area contributed by atoms with Crippen LogP contribution in [0.2, 0.25) is 5.02 Å². The summed E-state index contributed by atoms with van der Waals surface area (Å²) in [5.41, 5.74) is -0.405. The van der Waals surface area contributed by atoms with E-state index >= 15 is 0 Å². The van der Waals surface area contributed by atoms with Crippen molar-refractivity contribution in [3.63, 3.8) is 0 Å². The van der Waals surface area contributed by atoms with Gasteiger partial charge < -0.3 is 9.84 Å². The summed E-state index contributed by atoms with van der Waals surface area (Å²) in [6.45, 7) is 3.67. The average Bonchev–Trinajstić information content (AvgIpc) is 3.43. The lowest BCUT2D eigenvalue weighted by Crippen LogP contribution is -2.48. The first-order valence-corrected chi connectivity index (χ1v) is 15.9. The minimum atomic E-state index is -1.46. The first-order valence-electron chi connectivity index (χ1n) is 15.5. The number of carbonyl (C=O) groups is 4. The van der Waals surface area contributed by atoms with Crippen molar-refractivity contribution in [1.82, 2.24) is 0 Å². The van der Waals surface area contributed by atoms with E-state index in [-0.39, 0.29) is 53.0 Å². The first kappa shape index (κ1) is 31.5. The number of allylic oxidation sites excluding steroid dienone is 2. The second kappa shape index (κ2) is 11.3. The van der Waals surface area contributed by atoms with Gasteiger partial charge in [0, 0.05) is 23.6 Å². The van der Waals surface area contributed by atoms with Crippen LogP contribution in [0, 0.1) is 45.0 Å². The van der Waals surface area contributed by atoms with Gasteiger partial charge in [-0.2, -0.15) is 0 Å². The molecule has 4 amide bonds. The number of phenolic OH excluding ortho intramolecular Hbond substituents is 1. The molecular formula is C35H29ClFN3O8. The molecule has 2 heterocycles. The number of phenols is 1. The number of benzene rings is 3. The Morgan fingerprint density at radius 2 is 1.71 bits per heavy atom. The summed E-state index contributed by atoms with van der Waals surface area (Å²) < 4.78 is 19.8. The minimum absolute atomic E-state index is 0.0506. The maximum absolute atomic E-state index is 14.6. The molecule has 7 rings (SSSR count). The zero-order valence-corrected chi connectivity index (χ0v) is 26.5. The number of hydrogen-bond donors (Lipinski definition) is 1. The lowest BCUT2D eigenvalue weighted by molar-refractivity contribution is -0.384. The Morgan fingerprint density at radius 1 is 1.00 bits per heavy atom. The average molecular weight is 674 g/mol. The third-order valence-corrected chi connectivity index (χ3v) is 10.7. The molecule has 3 aromatic rings. The van der Waals surface area contributed by atoms with Crippen LogP contribution in [-0.4, -0.2) is 40.3 Å². The molecule has 13 heteroatoms. The van der Waals surface area contributed by atoms with Gasteiger partial charge in [-0.05, 0) is 69.0 Å². The molecule has 2 aliphatic carbocycles. The van der Waals surface area contributed by atoms with E-state index in [0.29, 0.717) is 11.1 Å². The third kappa shape index (κ3) is 4.38. The van der Waals surface area contributed by atoms with Crippen LogP contribution < -0.4 is 14.5 Å². The second-order valence-corrected chi connectivity index (χ2v) is 13.1. The fourth-order valence-electron chi connectivity index (χ4n) is 8.25. The number of nitro groups is 1. The van der Waals surface area contributed by atoms with Gasteiger partial charge in [0.05, 0.1) is 51.1 Å². The molecule has 0 spiro atoms. The summed E-state index contributed by atoms with van der Waals surface area (Å²) in [5, 5.41) is 22.5. The number of aromatic hydroxyl groups is 1. The van der Waals surface area contributed by atoms with Crippen LogP contribution in [0.25, 0.3) is 0 Å². The summed E-state index contributed by atoms with van der Waals surface area (Å²) in [5.74, 6) is -7.10. The number of nitrogens with zero attached hydrogens (tertiary/aromatic N) is 3. The first-order chi connectivity index (χ1) is 22.9. The van der Waals surface area contributed by atoms with Crippen molar-refractivity contribution >= 4 is 52.3 Å². The summed E-state index contributed by atoms with van der Waals surface area (Å²) in [6, 6.07) is 13.6. The van der Waals surface area contributed by atoms with Crippen LogP contribution in [0.4, 0.5) is 21.5 Å². The molecule has 0 aromatic heterocycles. The Bertz CT molecular complexity index is 1970. The van der Waals surface area contributed by atoms with E-state index in [1.807, 2.05) is 6.08 Å². The number of anilines is 2. The van der Waals surface area contributed by atoms with E-state index in [9.17, 15) is 38.8 Å². The monoisotopic (exact) mass is 673 g/mol. The molecular weight excluding hydrogens is 645 g/mol. The number of ether oxygens (including phenoxy) is 1. The van der Waals surface area contributed by atoms with E-state index in [2.05, 4.69) is 0 Å². The summed E-state index contributed by atoms with van der Waals surface area (Å²) in [7, 11) is 0. The van der Waals surface area contributed by atoms with Gasteiger partial charge in [-0.3, -0.25) is 34.2 Å². The van der Waals surface area contributed by atoms with Crippen molar-refractivity contribution in [2.24, 2.45) is 29.1 Å². The molecule has 0 radical (unpaired) electrons. The number of rotatable bonds is 6. The molecule has 1 N–H and O–H groups in total. The van der Waals surface area contributed by atoms with Crippen molar-refractivity contribution in [2.75, 3.05) is 16.4 Å². The number of carbonyl (C=O) groups excluding carboxylic acids is 4. The Labute approximate surface area is 278 Å². The van der Waals surface area contributed by atoms with E-state index in [4.69, 9.17) is 16.3 Å². The van der Waals surface area contributed by atoms with Crippen molar-refractivity contribution in [2.45, 2.75) is 32.6 Å². The molecule has 3 aromatic carbocycles. The van der Waals surface area contributed by atoms with Gasteiger partial charge in [0.1, 0.15) is 5.82 Å². The van der Waals surface area contributed by atoms with Crippen molar-refractivity contribution < 1.29 is 38.3 Å². The third-order valence-electron chi connectivity index (χ3n) is 10.4. The van der Waals surface area contributed by atoms with Crippen LogP contribution in [0.1, 0.15) is 38.2 Å². The molecule has 11 nitrogen and oxygen atoms in total. The molecule has 4 aliphatic rings. The number of halogens is 2. The number of fused-ring (bicyclic) bond motifs is 4. The van der Waals surface area contributed by atoms with Gasteiger partial charge in [-0.25, -0.2) is 9.29 Å². The normalized spacial score (nSPS) is 27.8. The maximum atomic E-state index is 14.6. The predicted octanol–water partition coefficient (Wildman–Crippen LogP) is 5.93. The van der Waals surface area contributed by atoms with E-state index in [0.717, 1.165) is 15.9 Å². The maximum Gasteiger partial charge on any atom is 0.269 e. The van der Waals surface area contributed by atoms with Crippen molar-refractivity contribution in [3.05, 3.63) is 98.8 Å². The van der Waals surface area contributed by atoms with Gasteiger partial charge >= 0.3 is 0 Å². The number of hydrogen-bond acceptors (Lipinski definition) is 8. The van der Waals surface area contributed by atoms with Crippen LogP contribution in [0.5, 0.6) is 11.5 Å². The zero-order valence-electron chi connectivity index (χ0n) is 25.8. The number of amides is 4. The smallest absolute Gasteiger partial charge is 0.269 e. The molecule has 2 saturated heterocycles. The number of nitro benzene ring substituents is 1. The molecule has 0 bridgehead atoms. The lowest BCUT2D eigenvalue weighted by Gasteiger charge is -2.49. The number of non-ortho nitro benzene ring substituents is 1. The van der Waals surface area contributed by atoms with E-state index < -0.39 is 69.4 Å². The fraction of sp³-hybridized carbons (Fsp3) is 0.314. The van der Waals surface area contributed by atoms with Crippen molar-refractivity contribution in [3.8, 4) is 11.5 Å². The minimum Gasteiger partial charge on any atom is -0.504 e. The number of para-hydroxylation sites is 1.